The molecule has 1 aromatic rings. The van der Waals surface area contributed by atoms with Crippen molar-refractivity contribution in [2.45, 2.75) is 24.2 Å². The fraction of sp³-hybridized carbons (Fsp3) is 0.462. The number of thioether (sulfide) groups is 1. The maximum absolute atomic E-state index is 11.7. The Morgan fingerprint density at radius 3 is 2.71 bits per heavy atom. The van der Waals surface area contributed by atoms with Crippen LogP contribution in [-0.2, 0) is 14.8 Å². The zero-order valence-corrected chi connectivity index (χ0v) is 13.4. The quantitative estimate of drug-likeness (QED) is 0.335. The molecule has 118 valence electrons. The molecule has 0 saturated carbocycles. The van der Waals surface area contributed by atoms with Gasteiger partial charge in [-0.05, 0) is 31.0 Å². The maximum Gasteiger partial charge on any atom is 0.217 e. The van der Waals surface area contributed by atoms with Gasteiger partial charge in [0.15, 0.2) is 0 Å². The van der Waals surface area contributed by atoms with Gasteiger partial charge in [0, 0.05) is 29.3 Å². The average Bonchev–Trinajstić information content (AvgIpc) is 2.37. The van der Waals surface area contributed by atoms with Gasteiger partial charge in [0.25, 0.3) is 0 Å². The predicted octanol–water partition coefficient (Wildman–Crippen LogP) is 0.936. The fourth-order valence-electron chi connectivity index (χ4n) is 1.60. The zero-order chi connectivity index (χ0) is 15.7. The van der Waals surface area contributed by atoms with E-state index in [0.29, 0.717) is 30.8 Å². The molecule has 0 aliphatic heterocycles. The molecule has 1 amide bonds. The predicted molar refractivity (Wildman–Crippen MR) is 86.4 cm³/mol. The highest BCUT2D eigenvalue weighted by Crippen LogP contribution is 2.20. The number of rotatable bonds is 10. The topological polar surface area (TPSA) is 115 Å². The van der Waals surface area contributed by atoms with E-state index in [4.69, 9.17) is 11.5 Å². The SMILES string of the molecule is NC(=O)CCCCNS(=O)(=O)CCSc1cccc(N)c1. The number of carbonyl (C=O) groups is 1. The number of hydrogen-bond acceptors (Lipinski definition) is 5. The lowest BCUT2D eigenvalue weighted by Gasteiger charge is -2.06. The highest BCUT2D eigenvalue weighted by atomic mass is 32.2. The largest absolute Gasteiger partial charge is 0.399 e. The summed E-state index contributed by atoms with van der Waals surface area (Å²) in [5.41, 5.74) is 11.3. The van der Waals surface area contributed by atoms with Crippen molar-refractivity contribution in [3.8, 4) is 0 Å². The molecule has 1 aromatic carbocycles. The molecule has 0 spiro atoms. The summed E-state index contributed by atoms with van der Waals surface area (Å²) in [6.07, 6.45) is 1.48. The number of nitrogens with one attached hydrogen (secondary N) is 1. The maximum atomic E-state index is 11.7. The first kappa shape index (κ1) is 17.8. The van der Waals surface area contributed by atoms with E-state index in [1.54, 1.807) is 6.07 Å². The Bertz CT molecular complexity index is 562. The van der Waals surface area contributed by atoms with Crippen LogP contribution in [0.15, 0.2) is 29.2 Å². The van der Waals surface area contributed by atoms with Crippen LogP contribution in [0.25, 0.3) is 0 Å². The van der Waals surface area contributed by atoms with Crippen LogP contribution in [0.4, 0.5) is 5.69 Å². The Labute approximate surface area is 129 Å². The van der Waals surface area contributed by atoms with E-state index in [-0.39, 0.29) is 18.1 Å². The normalized spacial score (nSPS) is 11.4. The number of nitrogens with two attached hydrogens (primary N) is 2. The molecule has 5 N–H and O–H groups in total. The Balaban J connectivity index is 2.22. The van der Waals surface area contributed by atoms with Gasteiger partial charge < -0.3 is 11.5 Å². The Hall–Kier alpha value is -1.25. The number of anilines is 1. The number of sulfonamides is 1. The first-order chi connectivity index (χ1) is 9.89. The van der Waals surface area contributed by atoms with Crippen LogP contribution in [0.2, 0.25) is 0 Å². The third-order valence-electron chi connectivity index (χ3n) is 2.65. The van der Waals surface area contributed by atoms with Crippen LogP contribution in [0.1, 0.15) is 19.3 Å². The van der Waals surface area contributed by atoms with Crippen LogP contribution in [-0.4, -0.2) is 32.4 Å². The standard InChI is InChI=1S/C13H21N3O3S2/c14-11-4-3-5-12(10-11)20-8-9-21(18,19)16-7-2-1-6-13(15)17/h3-5,10,16H,1-2,6-9,14H2,(H2,15,17). The zero-order valence-electron chi connectivity index (χ0n) is 11.7. The average molecular weight is 331 g/mol. The van der Waals surface area contributed by atoms with Gasteiger partial charge in [-0.1, -0.05) is 6.07 Å². The molecule has 0 bridgehead atoms. The number of nitrogen functional groups attached to an aromatic ring is 1. The molecule has 8 heteroatoms. The van der Waals surface area contributed by atoms with E-state index >= 15 is 0 Å². The second-order valence-corrected chi connectivity index (χ2v) is 7.65. The highest BCUT2D eigenvalue weighted by Gasteiger charge is 2.09. The van der Waals surface area contributed by atoms with E-state index < -0.39 is 10.0 Å². The number of amides is 1. The van der Waals surface area contributed by atoms with Gasteiger partial charge in [0.2, 0.25) is 15.9 Å². The van der Waals surface area contributed by atoms with Crippen LogP contribution in [0, 0.1) is 0 Å². The molecule has 0 unspecified atom stereocenters. The first-order valence-corrected chi connectivity index (χ1v) is 9.27. The summed E-state index contributed by atoms with van der Waals surface area (Å²) in [6.45, 7) is 0.332. The van der Waals surface area contributed by atoms with Crippen molar-refractivity contribution < 1.29 is 13.2 Å². The Morgan fingerprint density at radius 1 is 1.29 bits per heavy atom. The summed E-state index contributed by atoms with van der Waals surface area (Å²) >= 11 is 1.45. The third kappa shape index (κ3) is 8.59. The molecule has 0 aliphatic rings. The Kier molecular flexibility index (Phi) is 7.55. The first-order valence-electron chi connectivity index (χ1n) is 6.63. The molecular formula is C13H21N3O3S2. The minimum absolute atomic E-state index is 0.0439. The van der Waals surface area contributed by atoms with E-state index in [1.807, 2.05) is 18.2 Å². The van der Waals surface area contributed by atoms with Crippen molar-refractivity contribution >= 4 is 33.4 Å². The number of benzene rings is 1. The van der Waals surface area contributed by atoms with Crippen LogP contribution in [0.3, 0.4) is 0 Å². The van der Waals surface area contributed by atoms with Crippen molar-refractivity contribution in [3.05, 3.63) is 24.3 Å². The van der Waals surface area contributed by atoms with Crippen molar-refractivity contribution in [1.82, 2.24) is 4.72 Å². The summed E-state index contributed by atoms with van der Waals surface area (Å²) < 4.78 is 26.0. The van der Waals surface area contributed by atoms with Gasteiger partial charge in [-0.25, -0.2) is 13.1 Å². The molecule has 0 heterocycles. The monoisotopic (exact) mass is 331 g/mol. The van der Waals surface area contributed by atoms with E-state index in [0.717, 1.165) is 4.90 Å². The van der Waals surface area contributed by atoms with Gasteiger partial charge in [0.05, 0.1) is 5.75 Å². The minimum atomic E-state index is -3.28. The summed E-state index contributed by atoms with van der Waals surface area (Å²) in [7, 11) is -3.28. The number of primary amides is 1. The van der Waals surface area contributed by atoms with Crippen molar-refractivity contribution in [2.75, 3.05) is 23.8 Å². The molecule has 6 nitrogen and oxygen atoms in total. The molecule has 0 saturated heterocycles. The van der Waals surface area contributed by atoms with Crippen LogP contribution >= 0.6 is 11.8 Å². The van der Waals surface area contributed by atoms with E-state index in [2.05, 4.69) is 4.72 Å². The molecule has 21 heavy (non-hydrogen) atoms. The van der Waals surface area contributed by atoms with Gasteiger partial charge in [-0.3, -0.25) is 4.79 Å². The lowest BCUT2D eigenvalue weighted by atomic mass is 10.2. The van der Waals surface area contributed by atoms with Crippen molar-refractivity contribution in [2.24, 2.45) is 5.73 Å². The minimum Gasteiger partial charge on any atom is -0.399 e. The second-order valence-electron chi connectivity index (χ2n) is 4.56. The van der Waals surface area contributed by atoms with Gasteiger partial charge in [-0.15, -0.1) is 11.8 Å². The Morgan fingerprint density at radius 2 is 2.05 bits per heavy atom. The number of carbonyl (C=O) groups excluding carboxylic acids is 1. The highest BCUT2D eigenvalue weighted by molar-refractivity contribution is 8.00. The lowest BCUT2D eigenvalue weighted by molar-refractivity contribution is -0.118. The van der Waals surface area contributed by atoms with Gasteiger partial charge in [0.1, 0.15) is 0 Å². The van der Waals surface area contributed by atoms with E-state index in [1.165, 1.54) is 11.8 Å². The molecule has 0 atom stereocenters. The second kappa shape index (κ2) is 8.91. The van der Waals surface area contributed by atoms with Crippen LogP contribution < -0.4 is 16.2 Å². The van der Waals surface area contributed by atoms with Gasteiger partial charge in [-0.2, -0.15) is 0 Å². The van der Waals surface area contributed by atoms with Gasteiger partial charge >= 0.3 is 0 Å². The molecule has 1 rings (SSSR count). The van der Waals surface area contributed by atoms with Crippen LogP contribution in [0.5, 0.6) is 0 Å². The molecule has 0 aliphatic carbocycles. The number of hydrogen-bond donors (Lipinski definition) is 3. The molecule has 0 aromatic heterocycles. The van der Waals surface area contributed by atoms with Crippen molar-refractivity contribution in [1.29, 1.82) is 0 Å². The fourth-order valence-corrected chi connectivity index (χ4v) is 4.04. The molecule has 0 radical (unpaired) electrons. The van der Waals surface area contributed by atoms with Crippen molar-refractivity contribution in [3.63, 3.8) is 0 Å². The summed E-state index contributed by atoms with van der Waals surface area (Å²) in [6, 6.07) is 7.33. The summed E-state index contributed by atoms with van der Waals surface area (Å²) in [4.78, 5) is 11.5. The third-order valence-corrected chi connectivity index (χ3v) is 5.29. The van der Waals surface area contributed by atoms with E-state index in [9.17, 15) is 13.2 Å². The molecular weight excluding hydrogens is 310 g/mol. The number of unbranched alkanes of at least 4 members (excludes halogenated alkanes) is 1. The summed E-state index contributed by atoms with van der Waals surface area (Å²) in [5.74, 6) is 0.138. The molecule has 0 fully saturated rings. The summed E-state index contributed by atoms with van der Waals surface area (Å²) in [5, 5.41) is 0. The lowest BCUT2D eigenvalue weighted by Crippen LogP contribution is -2.28. The smallest absolute Gasteiger partial charge is 0.217 e.